The molecule has 4 rings (SSSR count). The third-order valence-electron chi connectivity index (χ3n) is 8.65. The fourth-order valence-electron chi connectivity index (χ4n) is 6.70. The molecule has 2 aromatic carbocycles. The molecule has 2 fully saturated rings. The van der Waals surface area contributed by atoms with E-state index in [2.05, 4.69) is 13.5 Å². The summed E-state index contributed by atoms with van der Waals surface area (Å²) in [5, 5.41) is 1.26. The van der Waals surface area contributed by atoms with Crippen molar-refractivity contribution >= 4 is 10.8 Å². The molecule has 180 valence electrons. The van der Waals surface area contributed by atoms with Gasteiger partial charge in [-0.05, 0) is 97.3 Å². The van der Waals surface area contributed by atoms with Crippen molar-refractivity contribution in [3.63, 3.8) is 0 Å². The average Bonchev–Trinajstić information content (AvgIpc) is 2.83. The summed E-state index contributed by atoms with van der Waals surface area (Å²) in [4.78, 5) is 0. The molecule has 0 N–H and O–H groups in total. The summed E-state index contributed by atoms with van der Waals surface area (Å²) in [6.45, 7) is 6.00. The first-order chi connectivity index (χ1) is 16.1. The Bertz CT molecular complexity index is 930. The first kappa shape index (κ1) is 24.4. The minimum Gasteiger partial charge on any atom is -0.207 e. The van der Waals surface area contributed by atoms with E-state index in [9.17, 15) is 4.39 Å². The molecule has 2 unspecified atom stereocenters. The van der Waals surface area contributed by atoms with Crippen LogP contribution in [-0.4, -0.2) is 0 Å². The maximum atomic E-state index is 15.2. The number of hydrogen-bond acceptors (Lipinski definition) is 0. The van der Waals surface area contributed by atoms with Crippen molar-refractivity contribution in [3.05, 3.63) is 59.7 Å². The lowest BCUT2D eigenvalue weighted by atomic mass is 9.63. The standard InChI is InChI=1S/C31H42F2/c1-3-5-7-8-9-10-22-12-13-25-19-26(17-15-24(25)18-22)28-20-27-16-14-23(11-6-4-2)31(33)29(27)21-30(28)32/h4,14,16,20-22,24-26H,2-3,5-13,15,17-19H2,1H3/t22?,24-,25?,26-/m1/s1. The Morgan fingerprint density at radius 1 is 0.939 bits per heavy atom. The first-order valence-electron chi connectivity index (χ1n) is 13.6. The highest BCUT2D eigenvalue weighted by atomic mass is 19.1. The molecule has 0 aromatic heterocycles. The maximum absolute atomic E-state index is 15.2. The Labute approximate surface area is 199 Å². The van der Waals surface area contributed by atoms with Gasteiger partial charge >= 0.3 is 0 Å². The van der Waals surface area contributed by atoms with Crippen molar-refractivity contribution in [2.24, 2.45) is 17.8 Å². The molecule has 0 nitrogen and oxygen atoms in total. The molecular weight excluding hydrogens is 410 g/mol. The zero-order chi connectivity index (χ0) is 23.2. The molecule has 0 aliphatic heterocycles. The number of halogens is 2. The summed E-state index contributed by atoms with van der Waals surface area (Å²) in [5.41, 5.74) is 1.47. The molecule has 2 aliphatic carbocycles. The van der Waals surface area contributed by atoms with Crippen LogP contribution in [0.3, 0.4) is 0 Å². The van der Waals surface area contributed by atoms with Gasteiger partial charge in [0, 0.05) is 5.39 Å². The number of benzene rings is 2. The monoisotopic (exact) mass is 452 g/mol. The molecular formula is C31H42F2. The first-order valence-corrected chi connectivity index (χ1v) is 13.6. The Morgan fingerprint density at radius 3 is 2.55 bits per heavy atom. The summed E-state index contributed by atoms with van der Waals surface area (Å²) in [6, 6.07) is 7.23. The van der Waals surface area contributed by atoms with E-state index in [1.165, 1.54) is 70.3 Å². The number of unbranched alkanes of at least 4 members (excludes halogenated alkanes) is 4. The molecule has 2 aromatic rings. The zero-order valence-electron chi connectivity index (χ0n) is 20.6. The molecule has 2 aliphatic rings. The Morgan fingerprint density at radius 2 is 1.73 bits per heavy atom. The van der Waals surface area contributed by atoms with Crippen LogP contribution in [0.5, 0.6) is 0 Å². The smallest absolute Gasteiger partial charge is 0.134 e. The SMILES string of the molecule is C=CCCc1ccc2cc([C@@H]3CC[C@@H]4CC(CCCCCCC)CCC4C3)c(F)cc2c1F. The van der Waals surface area contributed by atoms with Crippen LogP contribution in [0, 0.1) is 29.4 Å². The van der Waals surface area contributed by atoms with Crippen LogP contribution in [0.15, 0.2) is 36.9 Å². The highest BCUT2D eigenvalue weighted by Crippen LogP contribution is 2.49. The van der Waals surface area contributed by atoms with Gasteiger partial charge < -0.3 is 0 Å². The number of rotatable bonds is 10. The molecule has 0 heterocycles. The normalized spacial score (nSPS) is 25.2. The van der Waals surface area contributed by atoms with E-state index in [1.807, 2.05) is 18.2 Å². The van der Waals surface area contributed by atoms with Crippen molar-refractivity contribution in [1.82, 2.24) is 0 Å². The Kier molecular flexibility index (Phi) is 8.61. The van der Waals surface area contributed by atoms with E-state index in [1.54, 1.807) is 6.08 Å². The van der Waals surface area contributed by atoms with Gasteiger partial charge in [-0.1, -0.05) is 70.1 Å². The maximum Gasteiger partial charge on any atom is 0.134 e. The summed E-state index contributed by atoms with van der Waals surface area (Å²) < 4.78 is 30.2. The van der Waals surface area contributed by atoms with Gasteiger partial charge in [0.25, 0.3) is 0 Å². The predicted molar refractivity (Wildman–Crippen MR) is 137 cm³/mol. The second-order valence-corrected chi connectivity index (χ2v) is 10.9. The lowest BCUT2D eigenvalue weighted by Gasteiger charge is -2.42. The van der Waals surface area contributed by atoms with Crippen molar-refractivity contribution in [3.8, 4) is 0 Å². The van der Waals surface area contributed by atoms with Gasteiger partial charge in [-0.25, -0.2) is 8.78 Å². The number of fused-ring (bicyclic) bond motifs is 2. The Hall–Kier alpha value is -1.70. The molecule has 0 amide bonds. The van der Waals surface area contributed by atoms with E-state index < -0.39 is 0 Å². The van der Waals surface area contributed by atoms with E-state index in [0.717, 1.165) is 48.0 Å². The van der Waals surface area contributed by atoms with Gasteiger partial charge in [0.1, 0.15) is 11.6 Å². The van der Waals surface area contributed by atoms with Crippen molar-refractivity contribution < 1.29 is 8.78 Å². The summed E-state index contributed by atoms with van der Waals surface area (Å²) in [5.74, 6) is 2.30. The van der Waals surface area contributed by atoms with Gasteiger partial charge in [0.2, 0.25) is 0 Å². The fraction of sp³-hybridized carbons (Fsp3) is 0.613. The summed E-state index contributed by atoms with van der Waals surface area (Å²) in [6.07, 6.45) is 18.9. The lowest BCUT2D eigenvalue weighted by Crippen LogP contribution is -2.30. The largest absolute Gasteiger partial charge is 0.207 e. The molecule has 0 radical (unpaired) electrons. The van der Waals surface area contributed by atoms with Gasteiger partial charge in [0.15, 0.2) is 0 Å². The van der Waals surface area contributed by atoms with E-state index in [0.29, 0.717) is 17.4 Å². The topological polar surface area (TPSA) is 0 Å². The molecule has 4 atom stereocenters. The van der Waals surface area contributed by atoms with Crippen LogP contribution < -0.4 is 0 Å². The molecule has 2 saturated carbocycles. The van der Waals surface area contributed by atoms with E-state index >= 15 is 4.39 Å². The van der Waals surface area contributed by atoms with Gasteiger partial charge in [-0.15, -0.1) is 6.58 Å². The van der Waals surface area contributed by atoms with Gasteiger partial charge in [0.05, 0.1) is 0 Å². The third-order valence-corrected chi connectivity index (χ3v) is 8.65. The highest BCUT2D eigenvalue weighted by Gasteiger charge is 2.36. The minimum absolute atomic E-state index is 0.216. The third kappa shape index (κ3) is 5.87. The summed E-state index contributed by atoms with van der Waals surface area (Å²) in [7, 11) is 0. The molecule has 0 spiro atoms. The minimum atomic E-state index is -0.267. The van der Waals surface area contributed by atoms with Gasteiger partial charge in [-0.3, -0.25) is 0 Å². The lowest BCUT2D eigenvalue weighted by molar-refractivity contribution is 0.112. The second kappa shape index (κ2) is 11.6. The molecule has 2 heteroatoms. The highest BCUT2D eigenvalue weighted by molar-refractivity contribution is 5.85. The van der Waals surface area contributed by atoms with E-state index in [-0.39, 0.29) is 17.6 Å². The fourth-order valence-corrected chi connectivity index (χ4v) is 6.70. The quantitative estimate of drug-likeness (QED) is 0.248. The molecule has 0 bridgehead atoms. The van der Waals surface area contributed by atoms with Crippen LogP contribution in [0.2, 0.25) is 0 Å². The van der Waals surface area contributed by atoms with Crippen molar-refractivity contribution in [2.75, 3.05) is 0 Å². The average molecular weight is 453 g/mol. The van der Waals surface area contributed by atoms with E-state index in [4.69, 9.17) is 0 Å². The number of hydrogen-bond donors (Lipinski definition) is 0. The van der Waals surface area contributed by atoms with Crippen LogP contribution in [0.25, 0.3) is 10.8 Å². The van der Waals surface area contributed by atoms with Crippen LogP contribution in [-0.2, 0) is 6.42 Å². The molecule has 33 heavy (non-hydrogen) atoms. The van der Waals surface area contributed by atoms with Crippen LogP contribution in [0.1, 0.15) is 107 Å². The van der Waals surface area contributed by atoms with Crippen molar-refractivity contribution in [1.29, 1.82) is 0 Å². The van der Waals surface area contributed by atoms with Gasteiger partial charge in [-0.2, -0.15) is 0 Å². The predicted octanol–water partition coefficient (Wildman–Crippen LogP) is 9.90. The van der Waals surface area contributed by atoms with Crippen LogP contribution >= 0.6 is 0 Å². The number of aryl methyl sites for hydroxylation is 1. The summed E-state index contributed by atoms with van der Waals surface area (Å²) >= 11 is 0. The number of allylic oxidation sites excluding steroid dienone is 1. The van der Waals surface area contributed by atoms with Crippen LogP contribution in [0.4, 0.5) is 8.78 Å². The second-order valence-electron chi connectivity index (χ2n) is 10.9. The zero-order valence-corrected chi connectivity index (χ0v) is 20.6. The Balaban J connectivity index is 1.38. The molecule has 0 saturated heterocycles. The van der Waals surface area contributed by atoms with Crippen molar-refractivity contribution in [2.45, 2.75) is 103 Å².